The fraction of sp³-hybridized carbons (Fsp3) is 0.238. The molecule has 0 aliphatic carbocycles. The summed E-state index contributed by atoms with van der Waals surface area (Å²) in [7, 11) is 0. The number of aromatic amines is 1. The number of pyridine rings is 1. The molecule has 0 saturated carbocycles. The second-order valence-corrected chi connectivity index (χ2v) is 7.61. The minimum atomic E-state index is 0.832. The Labute approximate surface area is 161 Å². The molecule has 4 heterocycles. The van der Waals surface area contributed by atoms with Crippen LogP contribution in [0.2, 0.25) is 0 Å². The summed E-state index contributed by atoms with van der Waals surface area (Å²) in [5.74, 6) is 0. The average molecular weight is 376 g/mol. The lowest BCUT2D eigenvalue weighted by Gasteiger charge is -2.26. The van der Waals surface area contributed by atoms with E-state index in [1.165, 1.54) is 16.7 Å². The van der Waals surface area contributed by atoms with E-state index in [2.05, 4.69) is 50.2 Å². The van der Waals surface area contributed by atoms with Gasteiger partial charge in [-0.3, -0.25) is 9.88 Å². The van der Waals surface area contributed by atoms with Gasteiger partial charge in [0, 0.05) is 43.0 Å². The lowest BCUT2D eigenvalue weighted by molar-refractivity contribution is 0.0342. The monoisotopic (exact) mass is 376 g/mol. The standard InChI is InChI=1S/C21H20N4OS/c1-2-17-19(18-12-22-14-27-18)20(24-21(17)23-7-1)16-5-3-15(4-6-16)13-25-8-10-26-11-9-25/h1-7,12,14H,8-11,13H2,(H,23,24). The highest BCUT2D eigenvalue weighted by Gasteiger charge is 2.17. The van der Waals surface area contributed by atoms with Crippen LogP contribution < -0.4 is 0 Å². The zero-order valence-corrected chi connectivity index (χ0v) is 15.7. The van der Waals surface area contributed by atoms with Gasteiger partial charge in [0.05, 0.1) is 29.3 Å². The van der Waals surface area contributed by atoms with Crippen LogP contribution in [0.15, 0.2) is 54.3 Å². The summed E-state index contributed by atoms with van der Waals surface area (Å²) < 4.78 is 5.44. The third-order valence-corrected chi connectivity index (χ3v) is 5.79. The Bertz CT molecular complexity index is 1030. The molecule has 0 atom stereocenters. The third kappa shape index (κ3) is 3.27. The zero-order valence-electron chi connectivity index (χ0n) is 14.9. The van der Waals surface area contributed by atoms with Crippen LogP contribution in [0.4, 0.5) is 0 Å². The predicted molar refractivity (Wildman–Crippen MR) is 109 cm³/mol. The first kappa shape index (κ1) is 16.6. The number of ether oxygens (including phenoxy) is 1. The van der Waals surface area contributed by atoms with Crippen LogP contribution >= 0.6 is 11.3 Å². The number of morpholine rings is 1. The fourth-order valence-electron chi connectivity index (χ4n) is 3.63. The molecule has 6 heteroatoms. The first-order valence-corrected chi connectivity index (χ1v) is 10.0. The van der Waals surface area contributed by atoms with Gasteiger partial charge >= 0.3 is 0 Å². The second kappa shape index (κ2) is 7.23. The molecule has 5 rings (SSSR count). The van der Waals surface area contributed by atoms with Crippen molar-refractivity contribution >= 4 is 22.4 Å². The molecule has 27 heavy (non-hydrogen) atoms. The van der Waals surface area contributed by atoms with Gasteiger partial charge in [-0.05, 0) is 23.3 Å². The van der Waals surface area contributed by atoms with E-state index in [0.29, 0.717) is 0 Å². The maximum atomic E-state index is 5.44. The summed E-state index contributed by atoms with van der Waals surface area (Å²) in [6, 6.07) is 12.9. The Hall–Kier alpha value is -2.54. The molecule has 1 fully saturated rings. The van der Waals surface area contributed by atoms with Crippen molar-refractivity contribution in [1.82, 2.24) is 19.9 Å². The number of rotatable bonds is 4. The summed E-state index contributed by atoms with van der Waals surface area (Å²) >= 11 is 1.65. The smallest absolute Gasteiger partial charge is 0.138 e. The topological polar surface area (TPSA) is 54.0 Å². The van der Waals surface area contributed by atoms with Crippen molar-refractivity contribution in [3.63, 3.8) is 0 Å². The normalized spacial score (nSPS) is 15.4. The average Bonchev–Trinajstić information content (AvgIpc) is 3.37. The van der Waals surface area contributed by atoms with E-state index in [9.17, 15) is 0 Å². The Balaban J connectivity index is 1.51. The molecule has 0 unspecified atom stereocenters. The predicted octanol–water partition coefficient (Wildman–Crippen LogP) is 4.19. The third-order valence-electron chi connectivity index (χ3n) is 5.00. The SMILES string of the molecule is c1cnc2[nH]c(-c3ccc(CN4CCOCC4)cc3)c(-c3cncs3)c2c1. The molecule has 0 spiro atoms. The molecule has 0 bridgehead atoms. The highest BCUT2D eigenvalue weighted by molar-refractivity contribution is 7.13. The molecule has 136 valence electrons. The number of benzene rings is 1. The highest BCUT2D eigenvalue weighted by Crippen LogP contribution is 2.39. The summed E-state index contributed by atoms with van der Waals surface area (Å²) in [6.45, 7) is 4.65. The maximum absolute atomic E-state index is 5.44. The van der Waals surface area contributed by atoms with Gasteiger partial charge in [-0.25, -0.2) is 4.98 Å². The summed E-state index contributed by atoms with van der Waals surface area (Å²) in [5.41, 5.74) is 7.57. The van der Waals surface area contributed by atoms with Gasteiger partial charge < -0.3 is 9.72 Å². The molecule has 0 radical (unpaired) electrons. The number of aromatic nitrogens is 3. The van der Waals surface area contributed by atoms with Crippen molar-refractivity contribution in [2.75, 3.05) is 26.3 Å². The molecule has 1 aromatic carbocycles. The minimum Gasteiger partial charge on any atom is -0.379 e. The first-order chi connectivity index (χ1) is 13.4. The van der Waals surface area contributed by atoms with Crippen molar-refractivity contribution in [2.24, 2.45) is 0 Å². The summed E-state index contributed by atoms with van der Waals surface area (Å²) in [5, 5.41) is 1.13. The van der Waals surface area contributed by atoms with E-state index < -0.39 is 0 Å². The van der Waals surface area contributed by atoms with Gasteiger partial charge in [-0.15, -0.1) is 11.3 Å². The molecule has 0 amide bonds. The van der Waals surface area contributed by atoms with Gasteiger partial charge in [-0.2, -0.15) is 0 Å². The number of fused-ring (bicyclic) bond motifs is 1. The highest BCUT2D eigenvalue weighted by atomic mass is 32.1. The van der Waals surface area contributed by atoms with Crippen LogP contribution in [-0.4, -0.2) is 46.2 Å². The molecule has 1 aliphatic heterocycles. The molecule has 4 aromatic rings. The van der Waals surface area contributed by atoms with Crippen molar-refractivity contribution in [1.29, 1.82) is 0 Å². The fourth-order valence-corrected chi connectivity index (χ4v) is 4.32. The van der Waals surface area contributed by atoms with Crippen LogP contribution in [0.25, 0.3) is 32.7 Å². The van der Waals surface area contributed by atoms with E-state index in [1.54, 1.807) is 11.3 Å². The Morgan fingerprint density at radius 3 is 2.74 bits per heavy atom. The van der Waals surface area contributed by atoms with E-state index in [0.717, 1.165) is 54.5 Å². The Kier molecular flexibility index (Phi) is 4.45. The van der Waals surface area contributed by atoms with Crippen molar-refractivity contribution in [3.8, 4) is 21.7 Å². The van der Waals surface area contributed by atoms with Crippen LogP contribution in [0.1, 0.15) is 5.56 Å². The van der Waals surface area contributed by atoms with Crippen molar-refractivity contribution < 1.29 is 4.74 Å². The lowest BCUT2D eigenvalue weighted by Crippen LogP contribution is -2.35. The quantitative estimate of drug-likeness (QED) is 0.580. The van der Waals surface area contributed by atoms with Crippen LogP contribution in [0, 0.1) is 0 Å². The molecule has 1 saturated heterocycles. The summed E-state index contributed by atoms with van der Waals surface area (Å²) in [4.78, 5) is 15.9. The number of nitrogens with zero attached hydrogens (tertiary/aromatic N) is 3. The van der Waals surface area contributed by atoms with Crippen LogP contribution in [-0.2, 0) is 11.3 Å². The van der Waals surface area contributed by atoms with Crippen molar-refractivity contribution in [3.05, 3.63) is 59.9 Å². The zero-order chi connectivity index (χ0) is 18.1. The number of nitrogens with one attached hydrogen (secondary N) is 1. The van der Waals surface area contributed by atoms with Gasteiger partial charge in [0.1, 0.15) is 5.65 Å². The number of hydrogen-bond acceptors (Lipinski definition) is 5. The maximum Gasteiger partial charge on any atom is 0.138 e. The van der Waals surface area contributed by atoms with Gasteiger partial charge in [0.25, 0.3) is 0 Å². The lowest BCUT2D eigenvalue weighted by atomic mass is 10.0. The molecular weight excluding hydrogens is 356 g/mol. The van der Waals surface area contributed by atoms with Gasteiger partial charge in [0.15, 0.2) is 0 Å². The molecule has 3 aromatic heterocycles. The van der Waals surface area contributed by atoms with E-state index in [1.807, 2.05) is 24.0 Å². The summed E-state index contributed by atoms with van der Waals surface area (Å²) in [6.07, 6.45) is 3.75. The van der Waals surface area contributed by atoms with E-state index >= 15 is 0 Å². The number of thiazole rings is 1. The van der Waals surface area contributed by atoms with E-state index in [4.69, 9.17) is 4.74 Å². The number of H-pyrrole nitrogens is 1. The molecule has 1 N–H and O–H groups in total. The Morgan fingerprint density at radius 1 is 1.11 bits per heavy atom. The second-order valence-electron chi connectivity index (χ2n) is 6.73. The number of hydrogen-bond donors (Lipinski definition) is 1. The minimum absolute atomic E-state index is 0.832. The molecule has 5 nitrogen and oxygen atoms in total. The van der Waals surface area contributed by atoms with Crippen molar-refractivity contribution in [2.45, 2.75) is 6.54 Å². The van der Waals surface area contributed by atoms with Gasteiger partial charge in [0.2, 0.25) is 0 Å². The van der Waals surface area contributed by atoms with Crippen LogP contribution in [0.3, 0.4) is 0 Å². The Morgan fingerprint density at radius 2 is 1.96 bits per heavy atom. The molecule has 1 aliphatic rings. The molecular formula is C21H20N4OS. The van der Waals surface area contributed by atoms with Gasteiger partial charge in [-0.1, -0.05) is 24.3 Å². The van der Waals surface area contributed by atoms with E-state index in [-0.39, 0.29) is 0 Å². The first-order valence-electron chi connectivity index (χ1n) is 9.13. The van der Waals surface area contributed by atoms with Crippen LogP contribution in [0.5, 0.6) is 0 Å². The largest absolute Gasteiger partial charge is 0.379 e.